The molecule has 2 aromatic rings. The molecule has 0 saturated carbocycles. The molecule has 1 N–H and O–H groups in total. The molecule has 0 spiro atoms. The molecule has 2 aromatic heterocycles. The predicted octanol–water partition coefficient (Wildman–Crippen LogP) is 3.25. The standard InChI is InChI=1S/C14H18ClN3O2/c1-4-11-17-10-7-9(15)8-16-12(10)18(11)14(5-2,6-3)13(19)20/h7-8H,4-6H2,1-3H3,(H,19,20). The third-order valence-corrected chi connectivity index (χ3v) is 4.05. The molecule has 108 valence electrons. The van der Waals surface area contributed by atoms with Crippen molar-refractivity contribution in [3.63, 3.8) is 0 Å². The highest BCUT2D eigenvalue weighted by molar-refractivity contribution is 6.31. The molecule has 6 heteroatoms. The second kappa shape index (κ2) is 5.40. The molecule has 0 unspecified atom stereocenters. The molecule has 2 rings (SSSR count). The number of hydrogen-bond acceptors (Lipinski definition) is 3. The summed E-state index contributed by atoms with van der Waals surface area (Å²) in [6, 6.07) is 1.72. The first kappa shape index (κ1) is 14.8. The number of nitrogens with zero attached hydrogens (tertiary/aromatic N) is 3. The predicted molar refractivity (Wildman–Crippen MR) is 78.1 cm³/mol. The Morgan fingerprint density at radius 3 is 2.55 bits per heavy atom. The van der Waals surface area contributed by atoms with E-state index in [1.165, 1.54) is 6.20 Å². The van der Waals surface area contributed by atoms with E-state index >= 15 is 0 Å². The highest BCUT2D eigenvalue weighted by Crippen LogP contribution is 2.32. The lowest BCUT2D eigenvalue weighted by Gasteiger charge is -2.30. The monoisotopic (exact) mass is 295 g/mol. The molecule has 0 aromatic carbocycles. The summed E-state index contributed by atoms with van der Waals surface area (Å²) in [5.74, 6) is -0.130. The van der Waals surface area contributed by atoms with Crippen molar-refractivity contribution in [1.29, 1.82) is 0 Å². The number of rotatable bonds is 5. The number of aryl methyl sites for hydroxylation is 1. The smallest absolute Gasteiger partial charge is 0.329 e. The third-order valence-electron chi connectivity index (χ3n) is 3.85. The van der Waals surface area contributed by atoms with Crippen LogP contribution in [0.3, 0.4) is 0 Å². The lowest BCUT2D eigenvalue weighted by Crippen LogP contribution is -2.42. The Bertz CT molecular complexity index is 647. The fourth-order valence-corrected chi connectivity index (χ4v) is 2.79. The molecular weight excluding hydrogens is 278 g/mol. The lowest BCUT2D eigenvalue weighted by atomic mass is 9.92. The normalized spacial score (nSPS) is 12.0. The minimum Gasteiger partial charge on any atom is -0.479 e. The molecule has 0 bridgehead atoms. The van der Waals surface area contributed by atoms with E-state index in [2.05, 4.69) is 9.97 Å². The summed E-state index contributed by atoms with van der Waals surface area (Å²) in [6.45, 7) is 5.70. The van der Waals surface area contributed by atoms with Gasteiger partial charge in [-0.15, -0.1) is 0 Å². The van der Waals surface area contributed by atoms with E-state index < -0.39 is 11.5 Å². The average Bonchev–Trinajstić information content (AvgIpc) is 2.79. The van der Waals surface area contributed by atoms with Gasteiger partial charge in [0.25, 0.3) is 0 Å². The van der Waals surface area contributed by atoms with Crippen molar-refractivity contribution in [2.75, 3.05) is 0 Å². The van der Waals surface area contributed by atoms with Crippen molar-refractivity contribution in [3.8, 4) is 0 Å². The number of aromatic nitrogens is 3. The number of halogens is 1. The Hall–Kier alpha value is -1.62. The molecule has 0 aliphatic carbocycles. The van der Waals surface area contributed by atoms with Crippen molar-refractivity contribution >= 4 is 28.7 Å². The van der Waals surface area contributed by atoms with Gasteiger partial charge in [0.15, 0.2) is 5.65 Å². The fourth-order valence-electron chi connectivity index (χ4n) is 2.64. The zero-order valence-corrected chi connectivity index (χ0v) is 12.6. The van der Waals surface area contributed by atoms with E-state index in [0.29, 0.717) is 35.4 Å². The molecule has 0 amide bonds. The highest BCUT2D eigenvalue weighted by Gasteiger charge is 2.40. The molecule has 0 atom stereocenters. The van der Waals surface area contributed by atoms with E-state index in [4.69, 9.17) is 11.6 Å². The van der Waals surface area contributed by atoms with Crippen LogP contribution in [0, 0.1) is 0 Å². The number of carboxylic acid groups (broad SMARTS) is 1. The van der Waals surface area contributed by atoms with Crippen LogP contribution >= 0.6 is 11.6 Å². The summed E-state index contributed by atoms with van der Waals surface area (Å²) in [6.07, 6.45) is 3.12. The van der Waals surface area contributed by atoms with Crippen LogP contribution in [0.1, 0.15) is 39.4 Å². The summed E-state index contributed by atoms with van der Waals surface area (Å²) in [7, 11) is 0. The summed E-state index contributed by atoms with van der Waals surface area (Å²) >= 11 is 5.94. The fraction of sp³-hybridized carbons (Fsp3) is 0.500. The molecule has 0 saturated heterocycles. The van der Waals surface area contributed by atoms with Gasteiger partial charge in [0.2, 0.25) is 0 Å². The summed E-state index contributed by atoms with van der Waals surface area (Å²) in [5.41, 5.74) is 0.209. The maximum atomic E-state index is 11.9. The maximum Gasteiger partial charge on any atom is 0.329 e. The highest BCUT2D eigenvalue weighted by atomic mass is 35.5. The Balaban J connectivity index is 2.83. The number of hydrogen-bond donors (Lipinski definition) is 1. The molecule has 20 heavy (non-hydrogen) atoms. The number of carbonyl (C=O) groups is 1. The van der Waals surface area contributed by atoms with Crippen LogP contribution < -0.4 is 0 Å². The van der Waals surface area contributed by atoms with Gasteiger partial charge in [-0.05, 0) is 18.9 Å². The van der Waals surface area contributed by atoms with E-state index in [1.54, 1.807) is 10.6 Å². The number of fused-ring (bicyclic) bond motifs is 1. The molecule has 0 fully saturated rings. The molecule has 0 radical (unpaired) electrons. The summed E-state index contributed by atoms with van der Waals surface area (Å²) in [5, 5.41) is 10.2. The SMILES string of the molecule is CCc1nc2cc(Cl)cnc2n1C(CC)(CC)C(=O)O. The Morgan fingerprint density at radius 1 is 1.40 bits per heavy atom. The minimum atomic E-state index is -1.01. The van der Waals surface area contributed by atoms with Crippen molar-refractivity contribution in [1.82, 2.24) is 14.5 Å². The first-order chi connectivity index (χ1) is 9.50. The molecule has 0 aliphatic rings. The van der Waals surface area contributed by atoms with Crippen LogP contribution in [0.4, 0.5) is 0 Å². The topological polar surface area (TPSA) is 68.0 Å². The summed E-state index contributed by atoms with van der Waals surface area (Å²) in [4.78, 5) is 20.6. The average molecular weight is 296 g/mol. The van der Waals surface area contributed by atoms with Crippen LogP contribution in [0.2, 0.25) is 5.02 Å². The largest absolute Gasteiger partial charge is 0.479 e. The Labute approximate surface area is 122 Å². The van der Waals surface area contributed by atoms with Crippen LogP contribution in [0.15, 0.2) is 12.3 Å². The molecular formula is C14H18ClN3O2. The second-order valence-corrected chi connectivity index (χ2v) is 5.19. The van der Waals surface area contributed by atoms with Crippen LogP contribution in [-0.4, -0.2) is 25.6 Å². The van der Waals surface area contributed by atoms with E-state index in [9.17, 15) is 9.90 Å². The first-order valence-corrected chi connectivity index (χ1v) is 7.14. The van der Waals surface area contributed by atoms with Gasteiger partial charge in [-0.2, -0.15) is 0 Å². The van der Waals surface area contributed by atoms with Gasteiger partial charge in [0, 0.05) is 12.6 Å². The maximum absolute atomic E-state index is 11.9. The zero-order valence-electron chi connectivity index (χ0n) is 11.9. The van der Waals surface area contributed by atoms with Crippen LogP contribution in [0.25, 0.3) is 11.2 Å². The summed E-state index contributed by atoms with van der Waals surface area (Å²) < 4.78 is 1.76. The Kier molecular flexibility index (Phi) is 3.99. The quantitative estimate of drug-likeness (QED) is 0.919. The van der Waals surface area contributed by atoms with Gasteiger partial charge in [-0.1, -0.05) is 32.4 Å². The number of imidazole rings is 1. The van der Waals surface area contributed by atoms with E-state index in [-0.39, 0.29) is 0 Å². The van der Waals surface area contributed by atoms with E-state index in [1.807, 2.05) is 20.8 Å². The molecule has 5 nitrogen and oxygen atoms in total. The second-order valence-electron chi connectivity index (χ2n) is 4.76. The van der Waals surface area contributed by atoms with E-state index in [0.717, 1.165) is 5.82 Å². The molecule has 2 heterocycles. The van der Waals surface area contributed by atoms with Crippen molar-refractivity contribution < 1.29 is 9.90 Å². The van der Waals surface area contributed by atoms with Gasteiger partial charge >= 0.3 is 5.97 Å². The number of pyridine rings is 1. The lowest BCUT2D eigenvalue weighted by molar-refractivity contribution is -0.148. The molecule has 0 aliphatic heterocycles. The van der Waals surface area contributed by atoms with Gasteiger partial charge < -0.3 is 5.11 Å². The minimum absolute atomic E-state index is 0.474. The first-order valence-electron chi connectivity index (χ1n) is 6.76. The van der Waals surface area contributed by atoms with Crippen molar-refractivity contribution in [2.24, 2.45) is 0 Å². The van der Waals surface area contributed by atoms with Crippen LogP contribution in [0.5, 0.6) is 0 Å². The van der Waals surface area contributed by atoms with Crippen molar-refractivity contribution in [2.45, 2.75) is 45.6 Å². The number of aliphatic carboxylic acids is 1. The van der Waals surface area contributed by atoms with Crippen LogP contribution in [-0.2, 0) is 16.8 Å². The van der Waals surface area contributed by atoms with Crippen molar-refractivity contribution in [3.05, 3.63) is 23.1 Å². The van der Waals surface area contributed by atoms with Gasteiger partial charge in [0.05, 0.1) is 5.02 Å². The zero-order chi connectivity index (χ0) is 14.9. The van der Waals surface area contributed by atoms with Gasteiger partial charge in [-0.25, -0.2) is 14.8 Å². The number of carboxylic acids is 1. The van der Waals surface area contributed by atoms with Gasteiger partial charge in [-0.3, -0.25) is 4.57 Å². The Morgan fingerprint density at radius 2 is 2.05 bits per heavy atom. The van der Waals surface area contributed by atoms with Gasteiger partial charge in [0.1, 0.15) is 16.9 Å². The third kappa shape index (κ3) is 2.06.